The van der Waals surface area contributed by atoms with Gasteiger partial charge in [0.15, 0.2) is 0 Å². The van der Waals surface area contributed by atoms with Crippen LogP contribution < -0.4 is 9.62 Å². The Morgan fingerprint density at radius 2 is 1.71 bits per heavy atom. The number of nitrogens with zero attached hydrogens (tertiary/aromatic N) is 1. The molecule has 3 aromatic carbocycles. The van der Waals surface area contributed by atoms with Crippen LogP contribution in [0.1, 0.15) is 24.1 Å². The lowest BCUT2D eigenvalue weighted by atomic mass is 10.0. The Morgan fingerprint density at radius 3 is 2.37 bits per heavy atom. The normalized spacial score (nSPS) is 12.9. The van der Waals surface area contributed by atoms with E-state index in [0.29, 0.717) is 21.9 Å². The summed E-state index contributed by atoms with van der Waals surface area (Å²) < 4.78 is 44.8. The molecular formula is C25H24ClF3N2O2S2. The summed E-state index contributed by atoms with van der Waals surface area (Å²) in [6.45, 7) is 1.82. The number of carboxylic acids is 1. The van der Waals surface area contributed by atoms with Crippen molar-refractivity contribution < 1.29 is 23.1 Å². The average molecular weight is 541 g/mol. The van der Waals surface area contributed by atoms with Gasteiger partial charge in [-0.05, 0) is 85.6 Å². The molecule has 0 spiro atoms. The monoisotopic (exact) mass is 540 g/mol. The third-order valence-electron chi connectivity index (χ3n) is 5.26. The number of halogens is 4. The van der Waals surface area contributed by atoms with Gasteiger partial charge < -0.3 is 14.7 Å². The van der Waals surface area contributed by atoms with Crippen LogP contribution in [0.25, 0.3) is 0 Å². The van der Waals surface area contributed by atoms with E-state index in [9.17, 15) is 23.1 Å². The molecule has 186 valence electrons. The molecule has 0 aliphatic heterocycles. The number of benzene rings is 3. The lowest BCUT2D eigenvalue weighted by Crippen LogP contribution is -2.36. The van der Waals surface area contributed by atoms with Crippen molar-refractivity contribution in [3.05, 3.63) is 94.3 Å². The molecule has 3 rings (SSSR count). The van der Waals surface area contributed by atoms with Crippen molar-refractivity contribution in [3.63, 3.8) is 0 Å². The van der Waals surface area contributed by atoms with Crippen LogP contribution in [0, 0.1) is 17.5 Å². The molecule has 0 bridgehead atoms. The lowest BCUT2D eigenvalue weighted by molar-refractivity contribution is -0.138. The summed E-state index contributed by atoms with van der Waals surface area (Å²) in [7, 11) is 1.56. The number of likely N-dealkylation sites (N-methyl/N-ethyl adjacent to an activating group) is 1. The van der Waals surface area contributed by atoms with E-state index in [1.807, 2.05) is 6.92 Å². The smallest absolute Gasteiger partial charge is 0.321 e. The standard InChI is InChI=1S/C25H24ClF3N2O2S2/c1-15(21-9-5-18(27)11-16(21)13-34-14-23(30-2)25(32)33)31(24-12-19(28)6-10-22(24)29)35-20-7-3-17(26)4-8-20/h3-12,15,23,30H,13-14H2,1-2H3,(H,32,33). The maximum atomic E-state index is 14.9. The van der Waals surface area contributed by atoms with E-state index >= 15 is 0 Å². The molecule has 35 heavy (non-hydrogen) atoms. The van der Waals surface area contributed by atoms with Crippen LogP contribution in [0.15, 0.2) is 65.6 Å². The Balaban J connectivity index is 1.96. The van der Waals surface area contributed by atoms with Gasteiger partial charge in [0.25, 0.3) is 0 Å². The fourth-order valence-electron chi connectivity index (χ4n) is 3.40. The number of carbonyl (C=O) groups is 1. The summed E-state index contributed by atoms with van der Waals surface area (Å²) in [4.78, 5) is 12.0. The van der Waals surface area contributed by atoms with Crippen molar-refractivity contribution in [1.29, 1.82) is 0 Å². The summed E-state index contributed by atoms with van der Waals surface area (Å²) >= 11 is 8.54. The second-order valence-corrected chi connectivity index (χ2v) is 10.2. The summed E-state index contributed by atoms with van der Waals surface area (Å²) in [6, 6.07) is 13.3. The predicted octanol–water partition coefficient (Wildman–Crippen LogP) is 6.94. The van der Waals surface area contributed by atoms with E-state index < -0.39 is 35.5 Å². The van der Waals surface area contributed by atoms with E-state index in [2.05, 4.69) is 5.32 Å². The largest absolute Gasteiger partial charge is 0.480 e. The van der Waals surface area contributed by atoms with Crippen molar-refractivity contribution in [2.24, 2.45) is 0 Å². The van der Waals surface area contributed by atoms with E-state index in [0.717, 1.165) is 23.1 Å². The lowest BCUT2D eigenvalue weighted by Gasteiger charge is -2.32. The molecule has 2 atom stereocenters. The highest BCUT2D eigenvalue weighted by Crippen LogP contribution is 2.40. The number of nitrogens with one attached hydrogen (secondary N) is 1. The van der Waals surface area contributed by atoms with Crippen LogP contribution in [-0.2, 0) is 10.5 Å². The molecule has 0 aliphatic rings. The topological polar surface area (TPSA) is 52.6 Å². The second kappa shape index (κ2) is 12.6. The molecule has 3 aromatic rings. The van der Waals surface area contributed by atoms with Crippen molar-refractivity contribution in [1.82, 2.24) is 5.32 Å². The van der Waals surface area contributed by atoms with Crippen molar-refractivity contribution in [3.8, 4) is 0 Å². The average Bonchev–Trinajstić information content (AvgIpc) is 2.82. The molecule has 0 amide bonds. The zero-order chi connectivity index (χ0) is 25.5. The van der Waals surface area contributed by atoms with E-state index in [1.165, 1.54) is 35.8 Å². The van der Waals surface area contributed by atoms with Crippen LogP contribution in [0.4, 0.5) is 18.9 Å². The molecule has 2 unspecified atom stereocenters. The minimum Gasteiger partial charge on any atom is -0.480 e. The zero-order valence-electron chi connectivity index (χ0n) is 19.0. The second-order valence-electron chi connectivity index (χ2n) is 7.68. The Bertz CT molecular complexity index is 1170. The quantitative estimate of drug-likeness (QED) is 0.257. The van der Waals surface area contributed by atoms with Crippen LogP contribution >= 0.6 is 35.3 Å². The first-order valence-electron chi connectivity index (χ1n) is 10.6. The molecule has 4 nitrogen and oxygen atoms in total. The number of aliphatic carboxylic acids is 1. The number of thioether (sulfide) groups is 1. The van der Waals surface area contributed by atoms with E-state index in [-0.39, 0.29) is 11.4 Å². The van der Waals surface area contributed by atoms with Gasteiger partial charge in [0.1, 0.15) is 23.5 Å². The van der Waals surface area contributed by atoms with Gasteiger partial charge in [0.05, 0.1) is 11.7 Å². The minimum atomic E-state index is -0.972. The molecule has 10 heteroatoms. The highest BCUT2D eigenvalue weighted by Gasteiger charge is 2.24. The Morgan fingerprint density at radius 1 is 1.06 bits per heavy atom. The first kappa shape index (κ1) is 27.3. The number of carboxylic acid groups (broad SMARTS) is 1. The molecule has 0 radical (unpaired) electrons. The first-order valence-corrected chi connectivity index (χ1v) is 12.9. The molecule has 0 fully saturated rings. The molecule has 0 saturated carbocycles. The van der Waals surface area contributed by atoms with Gasteiger partial charge in [-0.3, -0.25) is 4.79 Å². The van der Waals surface area contributed by atoms with Gasteiger partial charge >= 0.3 is 5.97 Å². The summed E-state index contributed by atoms with van der Waals surface area (Å²) in [6.07, 6.45) is 0. The fourth-order valence-corrected chi connectivity index (χ4v) is 5.65. The highest BCUT2D eigenvalue weighted by molar-refractivity contribution is 8.00. The van der Waals surface area contributed by atoms with Gasteiger partial charge in [-0.2, -0.15) is 11.8 Å². The first-order chi connectivity index (χ1) is 16.7. The molecule has 0 aromatic heterocycles. The van der Waals surface area contributed by atoms with Gasteiger partial charge in [-0.15, -0.1) is 0 Å². The summed E-state index contributed by atoms with van der Waals surface area (Å²) in [5.74, 6) is -1.98. The van der Waals surface area contributed by atoms with E-state index in [1.54, 1.807) is 41.7 Å². The number of rotatable bonds is 11. The van der Waals surface area contributed by atoms with Crippen LogP contribution in [-0.4, -0.2) is 29.9 Å². The maximum absolute atomic E-state index is 14.9. The molecule has 0 saturated heterocycles. The SMILES string of the molecule is CNC(CSCc1cc(F)ccc1C(C)N(Sc1ccc(Cl)cc1)c1cc(F)ccc1F)C(=O)O. The number of hydrogen-bond acceptors (Lipinski definition) is 5. The fraction of sp³-hybridized carbons (Fsp3) is 0.240. The van der Waals surface area contributed by atoms with Crippen molar-refractivity contribution >= 4 is 47.0 Å². The number of anilines is 1. The van der Waals surface area contributed by atoms with Crippen LogP contribution in [0.5, 0.6) is 0 Å². The van der Waals surface area contributed by atoms with Gasteiger partial charge in [-0.25, -0.2) is 13.2 Å². The molecule has 0 aliphatic carbocycles. The van der Waals surface area contributed by atoms with Gasteiger partial charge in [0.2, 0.25) is 0 Å². The third-order valence-corrected chi connectivity index (χ3v) is 7.79. The molecule has 0 heterocycles. The third kappa shape index (κ3) is 7.33. The van der Waals surface area contributed by atoms with Crippen molar-refractivity contribution in [2.45, 2.75) is 29.7 Å². The van der Waals surface area contributed by atoms with Gasteiger partial charge in [0, 0.05) is 27.5 Å². The van der Waals surface area contributed by atoms with E-state index in [4.69, 9.17) is 11.6 Å². The van der Waals surface area contributed by atoms with Gasteiger partial charge in [-0.1, -0.05) is 17.7 Å². The molecular weight excluding hydrogens is 517 g/mol. The van der Waals surface area contributed by atoms with Crippen LogP contribution in [0.3, 0.4) is 0 Å². The summed E-state index contributed by atoms with van der Waals surface area (Å²) in [5, 5.41) is 12.5. The minimum absolute atomic E-state index is 0.0431. The number of hydrogen-bond donors (Lipinski definition) is 2. The molecule has 2 N–H and O–H groups in total. The Labute approximate surface area is 216 Å². The van der Waals surface area contributed by atoms with Crippen molar-refractivity contribution in [2.75, 3.05) is 17.1 Å². The maximum Gasteiger partial charge on any atom is 0.321 e. The predicted molar refractivity (Wildman–Crippen MR) is 138 cm³/mol. The Kier molecular flexibility index (Phi) is 9.80. The van der Waals surface area contributed by atoms with Crippen LogP contribution in [0.2, 0.25) is 5.02 Å². The Hall–Kier alpha value is -2.33. The summed E-state index contributed by atoms with van der Waals surface area (Å²) in [5.41, 5.74) is 1.39. The zero-order valence-corrected chi connectivity index (χ0v) is 21.4. The highest BCUT2D eigenvalue weighted by atomic mass is 35.5.